The van der Waals surface area contributed by atoms with Crippen LogP contribution >= 0.6 is 0 Å². The highest BCUT2D eigenvalue weighted by Crippen LogP contribution is 2.24. The number of carbonyl (C=O) groups excluding carboxylic acids is 2. The van der Waals surface area contributed by atoms with Gasteiger partial charge in [0.2, 0.25) is 5.91 Å². The summed E-state index contributed by atoms with van der Waals surface area (Å²) in [5.41, 5.74) is 0.862. The molecule has 0 radical (unpaired) electrons. The van der Waals surface area contributed by atoms with E-state index in [9.17, 15) is 9.59 Å². The Bertz CT molecular complexity index is 469. The molecule has 5 nitrogen and oxygen atoms in total. The Balaban J connectivity index is 2.02. The summed E-state index contributed by atoms with van der Waals surface area (Å²) in [6.45, 7) is 2.39. The Morgan fingerprint density at radius 2 is 2.00 bits per heavy atom. The van der Waals surface area contributed by atoms with E-state index in [0.29, 0.717) is 12.2 Å². The SMILES string of the molecule is COC(=O)[C@H](C)Oc1ccc(N2CCCC2=O)cc1. The van der Waals surface area contributed by atoms with Crippen LogP contribution in [0.5, 0.6) is 5.75 Å². The lowest BCUT2D eigenvalue weighted by Crippen LogP contribution is -2.25. The zero-order chi connectivity index (χ0) is 13.8. The molecule has 0 bridgehead atoms. The Kier molecular flexibility index (Phi) is 4.04. The highest BCUT2D eigenvalue weighted by atomic mass is 16.6. The number of amides is 1. The normalized spacial score (nSPS) is 16.3. The Hall–Kier alpha value is -2.04. The van der Waals surface area contributed by atoms with Crippen molar-refractivity contribution in [1.82, 2.24) is 0 Å². The molecule has 1 fully saturated rings. The first-order valence-electron chi connectivity index (χ1n) is 6.26. The first kappa shape index (κ1) is 13.4. The number of benzene rings is 1. The summed E-state index contributed by atoms with van der Waals surface area (Å²) in [6, 6.07) is 7.14. The fourth-order valence-corrected chi connectivity index (χ4v) is 2.04. The molecule has 0 spiro atoms. The molecule has 19 heavy (non-hydrogen) atoms. The van der Waals surface area contributed by atoms with Crippen molar-refractivity contribution in [3.8, 4) is 5.75 Å². The lowest BCUT2D eigenvalue weighted by Gasteiger charge is -2.17. The summed E-state index contributed by atoms with van der Waals surface area (Å²) >= 11 is 0. The van der Waals surface area contributed by atoms with Crippen molar-refractivity contribution >= 4 is 17.6 Å². The number of ether oxygens (including phenoxy) is 2. The van der Waals surface area contributed by atoms with E-state index in [0.717, 1.165) is 18.7 Å². The van der Waals surface area contributed by atoms with Crippen LogP contribution in [-0.2, 0) is 14.3 Å². The maximum atomic E-state index is 11.6. The molecule has 1 amide bonds. The number of esters is 1. The molecule has 0 aromatic heterocycles. The summed E-state index contributed by atoms with van der Waals surface area (Å²) in [7, 11) is 1.32. The quantitative estimate of drug-likeness (QED) is 0.777. The van der Waals surface area contributed by atoms with Crippen LogP contribution in [0.3, 0.4) is 0 Å². The Morgan fingerprint density at radius 3 is 2.53 bits per heavy atom. The van der Waals surface area contributed by atoms with Crippen LogP contribution in [0.4, 0.5) is 5.69 Å². The number of carbonyl (C=O) groups is 2. The number of hydrogen-bond donors (Lipinski definition) is 0. The predicted molar refractivity (Wildman–Crippen MR) is 70.1 cm³/mol. The van der Waals surface area contributed by atoms with Crippen LogP contribution in [-0.4, -0.2) is 31.6 Å². The van der Waals surface area contributed by atoms with Gasteiger partial charge in [-0.2, -0.15) is 0 Å². The largest absolute Gasteiger partial charge is 0.479 e. The van der Waals surface area contributed by atoms with E-state index in [1.165, 1.54) is 7.11 Å². The second-order valence-corrected chi connectivity index (χ2v) is 4.43. The van der Waals surface area contributed by atoms with Crippen molar-refractivity contribution in [2.75, 3.05) is 18.6 Å². The predicted octanol–water partition coefficient (Wildman–Crippen LogP) is 1.75. The van der Waals surface area contributed by atoms with Gasteiger partial charge in [-0.25, -0.2) is 4.79 Å². The molecular formula is C14H17NO4. The van der Waals surface area contributed by atoms with Gasteiger partial charge in [0.15, 0.2) is 6.10 Å². The molecule has 1 atom stereocenters. The van der Waals surface area contributed by atoms with Crippen molar-refractivity contribution in [2.24, 2.45) is 0 Å². The smallest absolute Gasteiger partial charge is 0.346 e. The van der Waals surface area contributed by atoms with Crippen LogP contribution in [0, 0.1) is 0 Å². The van der Waals surface area contributed by atoms with Crippen LogP contribution in [0.15, 0.2) is 24.3 Å². The molecule has 1 aromatic carbocycles. The van der Waals surface area contributed by atoms with Gasteiger partial charge >= 0.3 is 5.97 Å². The number of methoxy groups -OCH3 is 1. The van der Waals surface area contributed by atoms with Crippen LogP contribution in [0.25, 0.3) is 0 Å². The third-order valence-electron chi connectivity index (χ3n) is 3.07. The molecule has 5 heteroatoms. The molecule has 0 N–H and O–H groups in total. The molecule has 1 aromatic rings. The van der Waals surface area contributed by atoms with Crippen LogP contribution in [0.1, 0.15) is 19.8 Å². The molecule has 1 aliphatic heterocycles. The lowest BCUT2D eigenvalue weighted by molar-refractivity contribution is -0.147. The van der Waals surface area contributed by atoms with Gasteiger partial charge in [-0.15, -0.1) is 0 Å². The zero-order valence-electron chi connectivity index (χ0n) is 11.1. The fraction of sp³-hybridized carbons (Fsp3) is 0.429. The third-order valence-corrected chi connectivity index (χ3v) is 3.07. The van der Waals surface area contributed by atoms with E-state index in [2.05, 4.69) is 4.74 Å². The molecular weight excluding hydrogens is 246 g/mol. The summed E-state index contributed by atoms with van der Waals surface area (Å²) in [5.74, 6) is 0.309. The third kappa shape index (κ3) is 3.05. The molecule has 2 rings (SSSR count). The second kappa shape index (κ2) is 5.73. The Labute approximate surface area is 112 Å². The highest BCUT2D eigenvalue weighted by molar-refractivity contribution is 5.95. The first-order chi connectivity index (χ1) is 9.11. The average molecular weight is 263 g/mol. The molecule has 0 saturated carbocycles. The summed E-state index contributed by atoms with van der Waals surface area (Å²) < 4.78 is 10.0. The number of rotatable bonds is 4. The van der Waals surface area contributed by atoms with E-state index in [4.69, 9.17) is 4.74 Å². The van der Waals surface area contributed by atoms with Crippen molar-refractivity contribution in [3.05, 3.63) is 24.3 Å². The average Bonchev–Trinajstić information content (AvgIpc) is 2.85. The van der Waals surface area contributed by atoms with Gasteiger partial charge < -0.3 is 14.4 Å². The maximum absolute atomic E-state index is 11.6. The maximum Gasteiger partial charge on any atom is 0.346 e. The van der Waals surface area contributed by atoms with E-state index >= 15 is 0 Å². The molecule has 102 valence electrons. The number of hydrogen-bond acceptors (Lipinski definition) is 4. The van der Waals surface area contributed by atoms with E-state index in [1.54, 1.807) is 24.0 Å². The van der Waals surface area contributed by atoms with Gasteiger partial charge in [0.25, 0.3) is 0 Å². The first-order valence-corrected chi connectivity index (χ1v) is 6.26. The molecule has 1 heterocycles. The Morgan fingerprint density at radius 1 is 1.32 bits per heavy atom. The summed E-state index contributed by atoms with van der Waals surface area (Å²) in [6.07, 6.45) is 0.859. The topological polar surface area (TPSA) is 55.8 Å². The van der Waals surface area contributed by atoms with Crippen molar-refractivity contribution in [2.45, 2.75) is 25.9 Å². The van der Waals surface area contributed by atoms with Crippen molar-refractivity contribution in [3.63, 3.8) is 0 Å². The van der Waals surface area contributed by atoms with Crippen LogP contribution < -0.4 is 9.64 Å². The monoisotopic (exact) mass is 263 g/mol. The number of nitrogens with zero attached hydrogens (tertiary/aromatic N) is 1. The minimum Gasteiger partial charge on any atom is -0.479 e. The minimum absolute atomic E-state index is 0.150. The molecule has 0 aliphatic carbocycles. The minimum atomic E-state index is -0.649. The van der Waals surface area contributed by atoms with E-state index in [1.807, 2.05) is 12.1 Å². The highest BCUT2D eigenvalue weighted by Gasteiger charge is 2.21. The molecule has 1 saturated heterocycles. The van der Waals surface area contributed by atoms with Crippen molar-refractivity contribution < 1.29 is 19.1 Å². The van der Waals surface area contributed by atoms with Gasteiger partial charge in [-0.1, -0.05) is 0 Å². The molecule has 1 aliphatic rings. The molecule has 0 unspecified atom stereocenters. The summed E-state index contributed by atoms with van der Waals surface area (Å²) in [5, 5.41) is 0. The van der Waals surface area contributed by atoms with E-state index in [-0.39, 0.29) is 5.91 Å². The standard InChI is InChI=1S/C14H17NO4/c1-10(14(17)18-2)19-12-7-5-11(6-8-12)15-9-3-4-13(15)16/h5-8,10H,3-4,9H2,1-2H3/t10-/m0/s1. The van der Waals surface area contributed by atoms with Crippen LogP contribution in [0.2, 0.25) is 0 Å². The summed E-state index contributed by atoms with van der Waals surface area (Å²) in [4.78, 5) is 24.6. The lowest BCUT2D eigenvalue weighted by atomic mass is 10.2. The van der Waals surface area contributed by atoms with Gasteiger partial charge in [0.1, 0.15) is 5.75 Å². The van der Waals surface area contributed by atoms with Crippen molar-refractivity contribution in [1.29, 1.82) is 0 Å². The van der Waals surface area contributed by atoms with E-state index < -0.39 is 12.1 Å². The van der Waals surface area contributed by atoms with Gasteiger partial charge in [0.05, 0.1) is 7.11 Å². The van der Waals surface area contributed by atoms with Gasteiger partial charge in [0, 0.05) is 18.7 Å². The van der Waals surface area contributed by atoms with Gasteiger partial charge in [-0.3, -0.25) is 4.79 Å². The second-order valence-electron chi connectivity index (χ2n) is 4.43. The zero-order valence-corrected chi connectivity index (χ0v) is 11.1. The van der Waals surface area contributed by atoms with Gasteiger partial charge in [-0.05, 0) is 37.6 Å². The number of anilines is 1. The fourth-order valence-electron chi connectivity index (χ4n) is 2.04.